The first-order valence-electron chi connectivity index (χ1n) is 12.0. The molecule has 0 spiro atoms. The summed E-state index contributed by atoms with van der Waals surface area (Å²) in [5.41, 5.74) is 3.75. The number of aliphatic imine (C=N–C) groups is 1. The van der Waals surface area contributed by atoms with E-state index in [0.29, 0.717) is 34.4 Å². The molecule has 36 heavy (non-hydrogen) atoms. The molecule has 5 rings (SSSR count). The number of hydrogen-bond donors (Lipinski definition) is 2. The second-order valence-electron chi connectivity index (χ2n) is 8.93. The third-order valence-corrected chi connectivity index (χ3v) is 7.19. The number of nitrogens with zero attached hydrogens (tertiary/aromatic N) is 4. The molecule has 9 heteroatoms. The molecule has 1 saturated heterocycles. The highest BCUT2D eigenvalue weighted by Gasteiger charge is 2.27. The molecule has 0 aliphatic carbocycles. The third-order valence-electron chi connectivity index (χ3n) is 6.59. The van der Waals surface area contributed by atoms with Crippen molar-refractivity contribution in [3.8, 4) is 0 Å². The number of β-amino-alcohol motifs (C(OH)–C–C–N with tert-alkyl or cyclic N) is 1. The van der Waals surface area contributed by atoms with Crippen molar-refractivity contribution in [2.45, 2.75) is 12.5 Å². The Balaban J connectivity index is 1.46. The van der Waals surface area contributed by atoms with E-state index in [0.717, 1.165) is 48.7 Å². The minimum atomic E-state index is -0.662. The predicted molar refractivity (Wildman–Crippen MR) is 145 cm³/mol. The van der Waals surface area contributed by atoms with E-state index in [-0.39, 0.29) is 12.5 Å². The zero-order valence-electron chi connectivity index (χ0n) is 19.7. The van der Waals surface area contributed by atoms with E-state index in [1.54, 1.807) is 18.3 Å². The van der Waals surface area contributed by atoms with Gasteiger partial charge in [0.25, 0.3) is 0 Å². The average Bonchev–Trinajstić information content (AvgIpc) is 3.02. The maximum atomic E-state index is 13.2. The van der Waals surface area contributed by atoms with Crippen LogP contribution in [0.1, 0.15) is 16.7 Å². The largest absolute Gasteiger partial charge is 0.395 e. The number of amides is 1. The molecule has 1 amide bonds. The van der Waals surface area contributed by atoms with Crippen LogP contribution in [0, 0.1) is 0 Å². The minimum Gasteiger partial charge on any atom is -0.395 e. The average molecular weight is 524 g/mol. The molecule has 2 aliphatic heterocycles. The fourth-order valence-electron chi connectivity index (χ4n) is 4.62. The summed E-state index contributed by atoms with van der Waals surface area (Å²) >= 11 is 12.7. The number of aromatic nitrogens is 1. The van der Waals surface area contributed by atoms with E-state index in [1.165, 1.54) is 0 Å². The summed E-state index contributed by atoms with van der Waals surface area (Å²) in [6.45, 7) is 4.35. The molecule has 3 aromatic rings. The molecule has 7 nitrogen and oxygen atoms in total. The highest BCUT2D eigenvalue weighted by molar-refractivity contribution is 6.32. The van der Waals surface area contributed by atoms with E-state index >= 15 is 0 Å². The first-order valence-corrected chi connectivity index (χ1v) is 12.7. The number of carbonyl (C=O) groups excluding carboxylic acids is 1. The Morgan fingerprint density at radius 1 is 1.03 bits per heavy atom. The Kier molecular flexibility index (Phi) is 7.53. The quantitative estimate of drug-likeness (QED) is 0.512. The van der Waals surface area contributed by atoms with Crippen LogP contribution in [0.5, 0.6) is 0 Å². The van der Waals surface area contributed by atoms with Crippen molar-refractivity contribution in [2.75, 3.05) is 49.5 Å². The van der Waals surface area contributed by atoms with Crippen LogP contribution in [0.25, 0.3) is 0 Å². The molecular weight excluding hydrogens is 497 g/mol. The molecular formula is C27H27Cl2N5O2. The Morgan fingerprint density at radius 2 is 1.83 bits per heavy atom. The summed E-state index contributed by atoms with van der Waals surface area (Å²) in [5.74, 6) is 0.698. The third kappa shape index (κ3) is 5.39. The van der Waals surface area contributed by atoms with Crippen molar-refractivity contribution in [1.82, 2.24) is 9.88 Å². The minimum absolute atomic E-state index is 0.176. The Bertz CT molecular complexity index is 1270. The van der Waals surface area contributed by atoms with Crippen molar-refractivity contribution < 1.29 is 9.90 Å². The molecule has 1 atom stereocenters. The lowest BCUT2D eigenvalue weighted by atomic mass is 10.0. The van der Waals surface area contributed by atoms with Gasteiger partial charge in [-0.2, -0.15) is 0 Å². The molecule has 2 aliphatic rings. The summed E-state index contributed by atoms with van der Waals surface area (Å²) in [4.78, 5) is 27.3. The SMILES string of the molecule is O=C1Nc2ccc(Cl)cc2C(c2ccc(N3CCN(CCO)CC3)nc2)=NC1Cc1ccccc1Cl. The molecule has 1 aromatic heterocycles. The van der Waals surface area contributed by atoms with Gasteiger partial charge in [0.05, 0.1) is 18.0 Å². The van der Waals surface area contributed by atoms with Crippen LogP contribution >= 0.6 is 23.2 Å². The summed E-state index contributed by atoms with van der Waals surface area (Å²) in [7, 11) is 0. The fourth-order valence-corrected chi connectivity index (χ4v) is 5.00. The highest BCUT2D eigenvalue weighted by atomic mass is 35.5. The molecule has 1 unspecified atom stereocenters. The van der Waals surface area contributed by atoms with Gasteiger partial charge in [-0.15, -0.1) is 0 Å². The van der Waals surface area contributed by atoms with Crippen molar-refractivity contribution >= 4 is 46.3 Å². The van der Waals surface area contributed by atoms with Gasteiger partial charge in [-0.05, 0) is 42.0 Å². The van der Waals surface area contributed by atoms with Gasteiger partial charge in [-0.1, -0.05) is 41.4 Å². The van der Waals surface area contributed by atoms with Crippen LogP contribution in [0.15, 0.2) is 65.8 Å². The van der Waals surface area contributed by atoms with Gasteiger partial charge in [0.2, 0.25) is 5.91 Å². The number of piperazine rings is 1. The van der Waals surface area contributed by atoms with Gasteiger partial charge in [0, 0.05) is 66.5 Å². The lowest BCUT2D eigenvalue weighted by molar-refractivity contribution is -0.117. The van der Waals surface area contributed by atoms with Crippen molar-refractivity contribution in [2.24, 2.45) is 4.99 Å². The van der Waals surface area contributed by atoms with E-state index < -0.39 is 6.04 Å². The van der Waals surface area contributed by atoms with E-state index in [9.17, 15) is 9.90 Å². The van der Waals surface area contributed by atoms with E-state index in [4.69, 9.17) is 33.2 Å². The van der Waals surface area contributed by atoms with Crippen molar-refractivity contribution in [3.05, 3.63) is 87.5 Å². The molecule has 1 fully saturated rings. The molecule has 2 N–H and O–H groups in total. The van der Waals surface area contributed by atoms with Crippen LogP contribution < -0.4 is 10.2 Å². The molecule has 0 radical (unpaired) electrons. The smallest absolute Gasteiger partial charge is 0.249 e. The fraction of sp³-hybridized carbons (Fsp3) is 0.296. The van der Waals surface area contributed by atoms with Crippen molar-refractivity contribution in [3.63, 3.8) is 0 Å². The molecule has 0 saturated carbocycles. The number of nitrogens with one attached hydrogen (secondary N) is 1. The highest BCUT2D eigenvalue weighted by Crippen LogP contribution is 2.29. The number of hydrogen-bond acceptors (Lipinski definition) is 6. The number of pyridine rings is 1. The summed E-state index contributed by atoms with van der Waals surface area (Å²) < 4.78 is 0. The lowest BCUT2D eigenvalue weighted by Crippen LogP contribution is -2.47. The molecule has 2 aromatic carbocycles. The van der Waals surface area contributed by atoms with Gasteiger partial charge >= 0.3 is 0 Å². The van der Waals surface area contributed by atoms with Crippen LogP contribution in [-0.2, 0) is 11.2 Å². The lowest BCUT2D eigenvalue weighted by Gasteiger charge is -2.35. The Hall–Kier alpha value is -2.97. The summed E-state index contributed by atoms with van der Waals surface area (Å²) in [5, 5.41) is 13.4. The topological polar surface area (TPSA) is 81.1 Å². The Morgan fingerprint density at radius 3 is 2.56 bits per heavy atom. The van der Waals surface area contributed by atoms with Crippen LogP contribution in [0.3, 0.4) is 0 Å². The second-order valence-corrected chi connectivity index (χ2v) is 9.77. The number of halogens is 2. The Labute approximate surface area is 220 Å². The first kappa shape index (κ1) is 24.7. The van der Waals surface area contributed by atoms with E-state index in [2.05, 4.69) is 15.1 Å². The summed E-state index contributed by atoms with van der Waals surface area (Å²) in [6.07, 6.45) is 2.18. The number of fused-ring (bicyclic) bond motifs is 1. The zero-order chi connectivity index (χ0) is 25.1. The molecule has 0 bridgehead atoms. The van der Waals surface area contributed by atoms with Gasteiger partial charge in [-0.25, -0.2) is 4.98 Å². The number of anilines is 2. The van der Waals surface area contributed by atoms with E-state index in [1.807, 2.05) is 42.5 Å². The maximum absolute atomic E-state index is 13.2. The second kappa shape index (κ2) is 11.0. The van der Waals surface area contributed by atoms with Crippen LogP contribution in [0.2, 0.25) is 10.0 Å². The normalized spacial score (nSPS) is 18.3. The summed E-state index contributed by atoms with van der Waals surface area (Å²) in [6, 6.07) is 16.2. The zero-order valence-corrected chi connectivity index (χ0v) is 21.2. The number of benzene rings is 2. The molecule has 186 valence electrons. The van der Waals surface area contributed by atoms with Crippen LogP contribution in [0.4, 0.5) is 11.5 Å². The van der Waals surface area contributed by atoms with Gasteiger partial charge in [0.1, 0.15) is 11.9 Å². The maximum Gasteiger partial charge on any atom is 0.249 e. The first-order chi connectivity index (χ1) is 17.5. The number of rotatable bonds is 6. The molecule has 3 heterocycles. The number of aliphatic hydroxyl groups is 1. The predicted octanol–water partition coefficient (Wildman–Crippen LogP) is 3.90. The number of aliphatic hydroxyl groups excluding tert-OH is 1. The van der Waals surface area contributed by atoms with Crippen LogP contribution in [-0.4, -0.2) is 72.0 Å². The van der Waals surface area contributed by atoms with Gasteiger partial charge in [0.15, 0.2) is 0 Å². The number of carbonyl (C=O) groups is 1. The van der Waals surface area contributed by atoms with Crippen molar-refractivity contribution in [1.29, 1.82) is 0 Å². The number of benzodiazepines with no additional fused rings is 1. The van der Waals surface area contributed by atoms with Gasteiger partial charge < -0.3 is 15.3 Å². The monoisotopic (exact) mass is 523 g/mol. The van der Waals surface area contributed by atoms with Gasteiger partial charge in [-0.3, -0.25) is 14.7 Å². The standard InChI is InChI=1S/C27H27Cl2N5O2/c28-20-6-7-23-21(16-20)26(31-24(27(36)32-23)15-18-3-1-2-4-22(18)29)19-5-8-25(30-17-19)34-11-9-33(10-12-34)13-14-35/h1-8,16-17,24,35H,9-15H2,(H,32,36).